The topological polar surface area (TPSA) is 58.5 Å². The van der Waals surface area contributed by atoms with Crippen LogP contribution < -0.4 is 5.43 Å². The standard InChI is InChI=1S/C2H6N2O2S/c1-2-3-4-7(5)6/h3H,2H2,1H3. The zero-order valence-electron chi connectivity index (χ0n) is 3.88. The van der Waals surface area contributed by atoms with Crippen LogP contribution in [0.25, 0.3) is 0 Å². The van der Waals surface area contributed by atoms with Gasteiger partial charge in [0.25, 0.3) is 0 Å². The van der Waals surface area contributed by atoms with Crippen LogP contribution in [0, 0.1) is 0 Å². The minimum Gasteiger partial charge on any atom is -0.199 e. The van der Waals surface area contributed by atoms with E-state index in [1.54, 1.807) is 6.92 Å². The molecular weight excluding hydrogens is 116 g/mol. The maximum absolute atomic E-state index is 9.53. The van der Waals surface area contributed by atoms with E-state index in [-0.39, 0.29) is 0 Å². The molecule has 0 aromatic rings. The van der Waals surface area contributed by atoms with Gasteiger partial charge in [-0.15, -0.1) is 0 Å². The van der Waals surface area contributed by atoms with Crippen molar-refractivity contribution in [3.63, 3.8) is 0 Å². The Hall–Kier alpha value is -0.420. The average molecular weight is 122 g/mol. The molecule has 0 spiro atoms. The Kier molecular flexibility index (Phi) is 3.53. The number of hydrogen-bond acceptors (Lipinski definition) is 3. The molecule has 0 aromatic heterocycles. The van der Waals surface area contributed by atoms with Crippen molar-refractivity contribution in [2.24, 2.45) is 4.47 Å². The van der Waals surface area contributed by atoms with Crippen LogP contribution in [0.4, 0.5) is 0 Å². The normalized spacial score (nSPS) is 8.14. The van der Waals surface area contributed by atoms with Crippen LogP contribution in [0.1, 0.15) is 6.92 Å². The van der Waals surface area contributed by atoms with Crippen LogP contribution in [0.5, 0.6) is 0 Å². The van der Waals surface area contributed by atoms with Crippen molar-refractivity contribution in [1.82, 2.24) is 5.43 Å². The minimum absolute atomic E-state index is 0.536. The molecular formula is C2H6N2O2S. The highest BCUT2D eigenvalue weighted by Gasteiger charge is 1.66. The molecule has 0 saturated heterocycles. The van der Waals surface area contributed by atoms with Crippen LogP contribution in [0.3, 0.4) is 0 Å². The maximum atomic E-state index is 9.53. The predicted octanol–water partition coefficient (Wildman–Crippen LogP) is -0.426. The van der Waals surface area contributed by atoms with Gasteiger partial charge in [-0.2, -0.15) is 13.8 Å². The summed E-state index contributed by atoms with van der Waals surface area (Å²) in [7, 11) is -2.30. The SMILES string of the molecule is CCNN=S(=O)=O. The van der Waals surface area contributed by atoms with Gasteiger partial charge in [0.1, 0.15) is 0 Å². The second-order valence-electron chi connectivity index (χ2n) is 0.820. The van der Waals surface area contributed by atoms with Gasteiger partial charge < -0.3 is 0 Å². The summed E-state index contributed by atoms with van der Waals surface area (Å²) < 4.78 is 22.0. The molecule has 0 aliphatic carbocycles. The summed E-state index contributed by atoms with van der Waals surface area (Å²) in [5.74, 6) is 0. The Morgan fingerprint density at radius 3 is 2.43 bits per heavy atom. The van der Waals surface area contributed by atoms with Crippen molar-refractivity contribution in [3.8, 4) is 0 Å². The molecule has 7 heavy (non-hydrogen) atoms. The molecule has 0 bridgehead atoms. The Balaban J connectivity index is 3.49. The van der Waals surface area contributed by atoms with E-state index in [4.69, 9.17) is 0 Å². The van der Waals surface area contributed by atoms with Gasteiger partial charge in [0.15, 0.2) is 0 Å². The zero-order chi connectivity index (χ0) is 5.70. The van der Waals surface area contributed by atoms with E-state index < -0.39 is 10.5 Å². The van der Waals surface area contributed by atoms with E-state index in [1.807, 2.05) is 0 Å². The highest BCUT2D eigenvalue weighted by Crippen LogP contribution is 1.52. The summed E-state index contributed by atoms with van der Waals surface area (Å²) in [5.41, 5.74) is 2.26. The molecule has 0 saturated carbocycles. The quantitative estimate of drug-likeness (QED) is 0.506. The van der Waals surface area contributed by atoms with Gasteiger partial charge in [-0.1, -0.05) is 11.4 Å². The molecule has 0 aliphatic rings. The molecule has 42 valence electrons. The molecule has 0 aromatic carbocycles. The van der Waals surface area contributed by atoms with Gasteiger partial charge >= 0.3 is 10.5 Å². The number of rotatable bonds is 2. The van der Waals surface area contributed by atoms with Crippen molar-refractivity contribution in [2.75, 3.05) is 6.54 Å². The van der Waals surface area contributed by atoms with Crippen molar-refractivity contribution < 1.29 is 8.42 Å². The first kappa shape index (κ1) is 6.58. The lowest BCUT2D eigenvalue weighted by atomic mass is 10.8. The molecule has 0 aliphatic heterocycles. The average Bonchev–Trinajstić information content (AvgIpc) is 1.61. The summed E-state index contributed by atoms with van der Waals surface area (Å²) in [4.78, 5) is 0. The van der Waals surface area contributed by atoms with Crippen LogP contribution in [0.15, 0.2) is 4.47 Å². The fraction of sp³-hybridized carbons (Fsp3) is 1.00. The molecule has 4 nitrogen and oxygen atoms in total. The van der Waals surface area contributed by atoms with Gasteiger partial charge in [0.2, 0.25) is 0 Å². The first-order chi connectivity index (χ1) is 3.27. The third-order valence-corrected chi connectivity index (χ3v) is 0.575. The van der Waals surface area contributed by atoms with E-state index in [9.17, 15) is 8.42 Å². The van der Waals surface area contributed by atoms with Crippen molar-refractivity contribution in [3.05, 3.63) is 0 Å². The number of nitrogens with zero attached hydrogens (tertiary/aromatic N) is 1. The van der Waals surface area contributed by atoms with Gasteiger partial charge in [0.05, 0.1) is 0 Å². The van der Waals surface area contributed by atoms with Crippen molar-refractivity contribution >= 4 is 10.5 Å². The summed E-state index contributed by atoms with van der Waals surface area (Å²) >= 11 is 0. The van der Waals surface area contributed by atoms with E-state index >= 15 is 0 Å². The lowest BCUT2D eigenvalue weighted by molar-refractivity contribution is 0.614. The Morgan fingerprint density at radius 1 is 1.71 bits per heavy atom. The van der Waals surface area contributed by atoms with Crippen LogP contribution in [-0.2, 0) is 10.5 Å². The lowest BCUT2D eigenvalue weighted by Crippen LogP contribution is -2.00. The molecule has 0 unspecified atom stereocenters. The van der Waals surface area contributed by atoms with E-state index in [2.05, 4.69) is 9.90 Å². The van der Waals surface area contributed by atoms with Crippen LogP contribution in [-0.4, -0.2) is 15.0 Å². The van der Waals surface area contributed by atoms with Crippen LogP contribution >= 0.6 is 0 Å². The highest BCUT2D eigenvalue weighted by molar-refractivity contribution is 7.61. The van der Waals surface area contributed by atoms with Crippen LogP contribution in [0.2, 0.25) is 0 Å². The summed E-state index contributed by atoms with van der Waals surface area (Å²) in [5, 5.41) is 0. The van der Waals surface area contributed by atoms with Gasteiger partial charge in [-0.3, -0.25) is 0 Å². The van der Waals surface area contributed by atoms with Crippen molar-refractivity contribution in [1.29, 1.82) is 0 Å². The smallest absolute Gasteiger partial charge is 0.199 e. The van der Waals surface area contributed by atoms with Gasteiger partial charge in [-0.05, 0) is 0 Å². The largest absolute Gasteiger partial charge is 0.327 e. The first-order valence-corrected chi connectivity index (χ1v) is 2.83. The predicted molar refractivity (Wildman–Crippen MR) is 25.0 cm³/mol. The third kappa shape index (κ3) is 5.58. The molecule has 0 fully saturated rings. The second kappa shape index (κ2) is 3.76. The molecule has 0 atom stereocenters. The summed E-state index contributed by atoms with van der Waals surface area (Å²) in [6.45, 7) is 2.30. The zero-order valence-corrected chi connectivity index (χ0v) is 4.70. The third-order valence-electron chi connectivity index (χ3n) is 0.297. The maximum Gasteiger partial charge on any atom is 0.327 e. The molecule has 0 radical (unpaired) electrons. The van der Waals surface area contributed by atoms with E-state index in [1.165, 1.54) is 0 Å². The molecule has 1 N–H and O–H groups in total. The summed E-state index contributed by atoms with van der Waals surface area (Å²) in [6, 6.07) is 0. The van der Waals surface area contributed by atoms with E-state index in [0.717, 1.165) is 0 Å². The minimum atomic E-state index is -2.30. The fourth-order valence-corrected chi connectivity index (χ4v) is 0.352. The Bertz CT molecular complexity index is 139. The van der Waals surface area contributed by atoms with Gasteiger partial charge in [0, 0.05) is 6.54 Å². The highest BCUT2D eigenvalue weighted by atomic mass is 32.2. The monoisotopic (exact) mass is 122 g/mol. The lowest BCUT2D eigenvalue weighted by Gasteiger charge is -1.77. The van der Waals surface area contributed by atoms with E-state index in [0.29, 0.717) is 6.54 Å². The molecule has 0 rings (SSSR count). The fourth-order valence-electron chi connectivity index (χ4n) is 0.117. The number of nitrogens with one attached hydrogen (secondary N) is 1. The number of hydrogen-bond donors (Lipinski definition) is 1. The molecule has 0 heterocycles. The second-order valence-corrected chi connectivity index (χ2v) is 1.44. The first-order valence-electron chi connectivity index (χ1n) is 1.80. The Labute approximate surface area is 43.2 Å². The summed E-state index contributed by atoms with van der Waals surface area (Å²) in [6.07, 6.45) is 0. The molecule has 0 amide bonds. The Morgan fingerprint density at radius 2 is 2.29 bits per heavy atom. The van der Waals surface area contributed by atoms with Crippen molar-refractivity contribution in [2.45, 2.75) is 6.92 Å². The molecule has 5 heteroatoms. The van der Waals surface area contributed by atoms with Gasteiger partial charge in [-0.25, -0.2) is 0 Å².